The van der Waals surface area contributed by atoms with Crippen molar-refractivity contribution in [3.63, 3.8) is 0 Å². The zero-order valence-corrected chi connectivity index (χ0v) is 13.8. The van der Waals surface area contributed by atoms with E-state index in [9.17, 15) is 31.5 Å². The molecular weight excluding hydrogens is 375 g/mol. The van der Waals surface area contributed by atoms with E-state index in [0.29, 0.717) is 11.1 Å². The quantitative estimate of drug-likeness (QED) is 0.675. The smallest absolute Gasteiger partial charge is 0.291 e. The van der Waals surface area contributed by atoms with Crippen LogP contribution in [0.5, 0.6) is 0 Å². The molecule has 0 saturated carbocycles. The first-order chi connectivity index (χ1) is 12.6. The van der Waals surface area contributed by atoms with Crippen LogP contribution < -0.4 is 11.2 Å². The van der Waals surface area contributed by atoms with Crippen LogP contribution in [0.4, 0.5) is 22.0 Å². The van der Waals surface area contributed by atoms with Gasteiger partial charge in [-0.05, 0) is 18.1 Å². The average molecular weight is 388 g/mol. The molecule has 0 aliphatic carbocycles. The van der Waals surface area contributed by atoms with Crippen molar-refractivity contribution in [1.82, 2.24) is 19.7 Å². The zero-order valence-electron chi connectivity index (χ0n) is 13.8. The van der Waals surface area contributed by atoms with Gasteiger partial charge in [-0.15, -0.1) is 0 Å². The molecular formula is C16H13F5N4O2. The summed E-state index contributed by atoms with van der Waals surface area (Å²) < 4.78 is 65.5. The lowest BCUT2D eigenvalue weighted by Crippen LogP contribution is -2.24. The summed E-state index contributed by atoms with van der Waals surface area (Å²) in [6.45, 7) is 1.51. The first-order valence-corrected chi connectivity index (χ1v) is 7.77. The Morgan fingerprint density at radius 2 is 1.74 bits per heavy atom. The topological polar surface area (TPSA) is 83.5 Å². The molecule has 6 nitrogen and oxygen atoms in total. The van der Waals surface area contributed by atoms with Crippen LogP contribution in [0.3, 0.4) is 0 Å². The van der Waals surface area contributed by atoms with Gasteiger partial charge in [0, 0.05) is 6.42 Å². The van der Waals surface area contributed by atoms with E-state index < -0.39 is 47.4 Å². The molecule has 2 N–H and O–H groups in total. The highest BCUT2D eigenvalue weighted by atomic mass is 19.4. The molecule has 0 radical (unpaired) electrons. The van der Waals surface area contributed by atoms with Crippen molar-refractivity contribution in [3.05, 3.63) is 61.9 Å². The predicted octanol–water partition coefficient (Wildman–Crippen LogP) is 2.85. The van der Waals surface area contributed by atoms with Gasteiger partial charge in [-0.25, -0.2) is 18.3 Å². The fourth-order valence-electron chi connectivity index (χ4n) is 2.80. The van der Waals surface area contributed by atoms with E-state index in [1.807, 2.05) is 0 Å². The van der Waals surface area contributed by atoms with Crippen LogP contribution in [0.25, 0.3) is 11.0 Å². The number of nitrogens with zero attached hydrogens (tertiary/aromatic N) is 2. The normalized spacial score (nSPS) is 13.4. The van der Waals surface area contributed by atoms with Gasteiger partial charge in [-0.1, -0.05) is 24.3 Å². The molecule has 3 aromatic rings. The average Bonchev–Trinajstić information content (AvgIpc) is 2.94. The van der Waals surface area contributed by atoms with Crippen LogP contribution in [0.1, 0.15) is 29.8 Å². The summed E-state index contributed by atoms with van der Waals surface area (Å²) in [5.41, 5.74) is -3.13. The SMILES string of the molecule is C[C@H](c1ccc(CC(F)F)cc1)n1nc(C(F)(F)F)c2c(=O)[nH]c(=O)[nH]c21. The van der Waals surface area contributed by atoms with Crippen molar-refractivity contribution in [2.75, 3.05) is 0 Å². The van der Waals surface area contributed by atoms with E-state index in [1.54, 1.807) is 4.98 Å². The lowest BCUT2D eigenvalue weighted by Gasteiger charge is -2.14. The number of aromatic amines is 2. The molecule has 144 valence electrons. The van der Waals surface area contributed by atoms with E-state index in [4.69, 9.17) is 0 Å². The maximum atomic E-state index is 13.3. The second-order valence-electron chi connectivity index (χ2n) is 5.94. The molecule has 0 amide bonds. The number of hydrogen-bond acceptors (Lipinski definition) is 3. The number of alkyl halides is 5. The summed E-state index contributed by atoms with van der Waals surface area (Å²) >= 11 is 0. The molecule has 27 heavy (non-hydrogen) atoms. The number of benzene rings is 1. The Morgan fingerprint density at radius 1 is 1.11 bits per heavy atom. The second-order valence-corrected chi connectivity index (χ2v) is 5.94. The van der Waals surface area contributed by atoms with Crippen LogP contribution in [-0.2, 0) is 12.6 Å². The van der Waals surface area contributed by atoms with Gasteiger partial charge in [0.15, 0.2) is 5.69 Å². The second kappa shape index (κ2) is 6.63. The van der Waals surface area contributed by atoms with Gasteiger partial charge in [-0.2, -0.15) is 18.3 Å². The fraction of sp³-hybridized carbons (Fsp3) is 0.312. The molecule has 0 aliphatic rings. The Balaban J connectivity index is 2.13. The highest BCUT2D eigenvalue weighted by Crippen LogP contribution is 2.33. The van der Waals surface area contributed by atoms with Gasteiger partial charge >= 0.3 is 11.9 Å². The van der Waals surface area contributed by atoms with Gasteiger partial charge in [0.05, 0.1) is 6.04 Å². The van der Waals surface area contributed by atoms with E-state index in [2.05, 4.69) is 10.1 Å². The Kier molecular flexibility index (Phi) is 4.62. The third-order valence-corrected chi connectivity index (χ3v) is 4.08. The third kappa shape index (κ3) is 3.62. The Bertz CT molecular complexity index is 1080. The van der Waals surface area contributed by atoms with Crippen molar-refractivity contribution < 1.29 is 22.0 Å². The summed E-state index contributed by atoms with van der Waals surface area (Å²) in [5.74, 6) is 0. The minimum absolute atomic E-state index is 0.368. The molecule has 0 unspecified atom stereocenters. The number of aromatic nitrogens is 4. The van der Waals surface area contributed by atoms with Crippen molar-refractivity contribution in [2.45, 2.75) is 32.0 Å². The molecule has 1 aromatic carbocycles. The standard InChI is InChI=1S/C16H13F5N4O2/c1-7(9-4-2-8(3-5-9)6-10(17)18)25-13-11(12(24-25)16(19,20)21)14(26)23-15(27)22-13/h2-5,7,10H,6H2,1H3,(H2,22,23,26,27)/t7-/m1/s1. The molecule has 0 spiro atoms. The van der Waals surface area contributed by atoms with Crippen molar-refractivity contribution in [1.29, 1.82) is 0 Å². The lowest BCUT2D eigenvalue weighted by molar-refractivity contribution is -0.140. The molecule has 3 rings (SSSR count). The van der Waals surface area contributed by atoms with E-state index >= 15 is 0 Å². The van der Waals surface area contributed by atoms with E-state index in [-0.39, 0.29) is 5.65 Å². The van der Waals surface area contributed by atoms with Gasteiger partial charge in [0.1, 0.15) is 11.0 Å². The largest absolute Gasteiger partial charge is 0.436 e. The lowest BCUT2D eigenvalue weighted by atomic mass is 10.0. The minimum atomic E-state index is -4.91. The van der Waals surface area contributed by atoms with Crippen molar-refractivity contribution in [2.24, 2.45) is 0 Å². The number of rotatable bonds is 4. The van der Waals surface area contributed by atoms with Crippen LogP contribution in [0, 0.1) is 0 Å². The zero-order chi connectivity index (χ0) is 19.9. The van der Waals surface area contributed by atoms with Gasteiger partial charge < -0.3 is 0 Å². The van der Waals surface area contributed by atoms with Crippen molar-refractivity contribution >= 4 is 11.0 Å². The summed E-state index contributed by atoms with van der Waals surface area (Å²) in [7, 11) is 0. The highest BCUT2D eigenvalue weighted by molar-refractivity contribution is 5.77. The van der Waals surface area contributed by atoms with Gasteiger partial charge in [0.2, 0.25) is 6.43 Å². The number of fused-ring (bicyclic) bond motifs is 1. The summed E-state index contributed by atoms with van der Waals surface area (Å²) in [4.78, 5) is 27.3. The van der Waals surface area contributed by atoms with Crippen LogP contribution in [-0.4, -0.2) is 26.2 Å². The minimum Gasteiger partial charge on any atom is -0.291 e. The summed E-state index contributed by atoms with van der Waals surface area (Å²) in [6.07, 6.45) is -7.87. The number of hydrogen-bond donors (Lipinski definition) is 2. The molecule has 0 saturated heterocycles. The third-order valence-electron chi connectivity index (χ3n) is 4.08. The van der Waals surface area contributed by atoms with Crippen molar-refractivity contribution in [3.8, 4) is 0 Å². The maximum Gasteiger partial charge on any atom is 0.436 e. The molecule has 1 atom stereocenters. The molecule has 0 bridgehead atoms. The Labute approximate surface area is 147 Å². The Morgan fingerprint density at radius 3 is 2.30 bits per heavy atom. The highest BCUT2D eigenvalue weighted by Gasteiger charge is 2.39. The van der Waals surface area contributed by atoms with Gasteiger partial charge in [0.25, 0.3) is 5.56 Å². The van der Waals surface area contributed by atoms with Crippen LogP contribution >= 0.6 is 0 Å². The molecule has 2 aromatic heterocycles. The molecule has 2 heterocycles. The fourth-order valence-corrected chi connectivity index (χ4v) is 2.80. The van der Waals surface area contributed by atoms with Gasteiger partial charge in [-0.3, -0.25) is 14.8 Å². The summed E-state index contributed by atoms with van der Waals surface area (Å²) in [5, 5.41) is 2.72. The Hall–Kier alpha value is -2.98. The van der Waals surface area contributed by atoms with Crippen LogP contribution in [0.15, 0.2) is 33.9 Å². The first kappa shape index (κ1) is 18.8. The summed E-state index contributed by atoms with van der Waals surface area (Å²) in [6, 6.07) is 5.03. The first-order valence-electron chi connectivity index (χ1n) is 7.77. The number of halogens is 5. The van der Waals surface area contributed by atoms with E-state index in [1.165, 1.54) is 31.2 Å². The van der Waals surface area contributed by atoms with Crippen LogP contribution in [0.2, 0.25) is 0 Å². The number of H-pyrrole nitrogens is 2. The molecule has 0 aliphatic heterocycles. The predicted molar refractivity (Wildman–Crippen MR) is 85.9 cm³/mol. The monoisotopic (exact) mass is 388 g/mol. The molecule has 0 fully saturated rings. The maximum absolute atomic E-state index is 13.3. The number of nitrogens with one attached hydrogen (secondary N) is 2. The molecule has 11 heteroatoms. The van der Waals surface area contributed by atoms with E-state index in [0.717, 1.165) is 4.68 Å².